The fourth-order valence-corrected chi connectivity index (χ4v) is 3.82. The Morgan fingerprint density at radius 2 is 1.38 bits per heavy atom. The van der Waals surface area contributed by atoms with Gasteiger partial charge in [-0.05, 0) is 79.7 Å². The van der Waals surface area contributed by atoms with E-state index in [9.17, 15) is 18.0 Å². The zero-order chi connectivity index (χ0) is 23.1. The monoisotopic (exact) mass is 454 g/mol. The first kappa shape index (κ1) is 22.8. The number of hydrogen-bond acceptors (Lipinski definition) is 6. The third-order valence-electron chi connectivity index (χ3n) is 4.42. The molecule has 0 saturated carbocycles. The standard InChI is InChI=1S/C23H22N2O6S/c1-3-31-23(27)17-6-14-21(15-7-17)32(28,29)25-19-8-4-16(5-9-19)22(26)24-18-10-12-20(30-2)13-11-18/h4-15,25H,3H2,1-2H3,(H,24,26). The van der Waals surface area contributed by atoms with Crippen molar-refractivity contribution >= 4 is 33.3 Å². The van der Waals surface area contributed by atoms with Crippen LogP contribution in [0.4, 0.5) is 11.4 Å². The van der Waals surface area contributed by atoms with Gasteiger partial charge in [0.05, 0.1) is 24.2 Å². The van der Waals surface area contributed by atoms with E-state index in [4.69, 9.17) is 9.47 Å². The first-order valence-electron chi connectivity index (χ1n) is 9.68. The van der Waals surface area contributed by atoms with Crippen LogP contribution < -0.4 is 14.8 Å². The predicted octanol–water partition coefficient (Wildman–Crippen LogP) is 3.93. The lowest BCUT2D eigenvalue weighted by Gasteiger charge is -2.10. The van der Waals surface area contributed by atoms with Crippen LogP contribution in [0.3, 0.4) is 0 Å². The third-order valence-corrected chi connectivity index (χ3v) is 5.82. The van der Waals surface area contributed by atoms with Crippen LogP contribution in [0.5, 0.6) is 5.75 Å². The molecule has 8 nitrogen and oxygen atoms in total. The van der Waals surface area contributed by atoms with Crippen molar-refractivity contribution in [3.05, 3.63) is 83.9 Å². The summed E-state index contributed by atoms with van der Waals surface area (Å²) in [6, 6.07) is 18.3. The number of benzene rings is 3. The van der Waals surface area contributed by atoms with Gasteiger partial charge in [0, 0.05) is 16.9 Å². The highest BCUT2D eigenvalue weighted by Crippen LogP contribution is 2.19. The van der Waals surface area contributed by atoms with Gasteiger partial charge < -0.3 is 14.8 Å². The van der Waals surface area contributed by atoms with Gasteiger partial charge in [-0.1, -0.05) is 0 Å². The van der Waals surface area contributed by atoms with Crippen LogP contribution >= 0.6 is 0 Å². The van der Waals surface area contributed by atoms with Crippen molar-refractivity contribution in [2.45, 2.75) is 11.8 Å². The molecule has 32 heavy (non-hydrogen) atoms. The summed E-state index contributed by atoms with van der Waals surface area (Å²) in [5.41, 5.74) is 1.52. The van der Waals surface area contributed by atoms with E-state index in [2.05, 4.69) is 10.0 Å². The molecule has 166 valence electrons. The van der Waals surface area contributed by atoms with Gasteiger partial charge in [0.15, 0.2) is 0 Å². The number of ether oxygens (including phenoxy) is 2. The molecule has 3 aromatic rings. The predicted molar refractivity (Wildman–Crippen MR) is 121 cm³/mol. The lowest BCUT2D eigenvalue weighted by molar-refractivity contribution is 0.0526. The fourth-order valence-electron chi connectivity index (χ4n) is 2.77. The van der Waals surface area contributed by atoms with Gasteiger partial charge >= 0.3 is 5.97 Å². The maximum Gasteiger partial charge on any atom is 0.338 e. The molecule has 0 aromatic heterocycles. The Kier molecular flexibility index (Phi) is 7.11. The highest BCUT2D eigenvalue weighted by molar-refractivity contribution is 7.92. The molecule has 3 rings (SSSR count). The van der Waals surface area contributed by atoms with Crippen LogP contribution in [0.2, 0.25) is 0 Å². The van der Waals surface area contributed by atoms with E-state index in [1.807, 2.05) is 0 Å². The number of rotatable bonds is 8. The number of carbonyl (C=O) groups is 2. The highest BCUT2D eigenvalue weighted by atomic mass is 32.2. The largest absolute Gasteiger partial charge is 0.497 e. The van der Waals surface area contributed by atoms with Crippen molar-refractivity contribution in [1.29, 1.82) is 0 Å². The normalized spacial score (nSPS) is 10.8. The van der Waals surface area contributed by atoms with Crippen LogP contribution in [-0.4, -0.2) is 34.0 Å². The van der Waals surface area contributed by atoms with Gasteiger partial charge in [-0.2, -0.15) is 0 Å². The maximum atomic E-state index is 12.6. The van der Waals surface area contributed by atoms with E-state index in [1.165, 1.54) is 48.5 Å². The molecule has 0 bridgehead atoms. The number of sulfonamides is 1. The molecule has 0 atom stereocenters. The van der Waals surface area contributed by atoms with E-state index in [1.54, 1.807) is 38.3 Å². The van der Waals surface area contributed by atoms with E-state index < -0.39 is 16.0 Å². The van der Waals surface area contributed by atoms with Gasteiger partial charge in [0.2, 0.25) is 0 Å². The van der Waals surface area contributed by atoms with E-state index in [0.29, 0.717) is 22.7 Å². The minimum atomic E-state index is -3.87. The second-order valence-corrected chi connectivity index (χ2v) is 8.29. The van der Waals surface area contributed by atoms with E-state index in [0.717, 1.165) is 0 Å². The summed E-state index contributed by atoms with van der Waals surface area (Å²) in [7, 11) is -2.31. The molecule has 9 heteroatoms. The van der Waals surface area contributed by atoms with Crippen LogP contribution in [0.25, 0.3) is 0 Å². The van der Waals surface area contributed by atoms with Crippen LogP contribution in [0, 0.1) is 0 Å². The molecule has 0 heterocycles. The van der Waals surface area contributed by atoms with Crippen LogP contribution in [-0.2, 0) is 14.8 Å². The molecule has 2 N–H and O–H groups in total. The zero-order valence-corrected chi connectivity index (χ0v) is 18.3. The van der Waals surface area contributed by atoms with Crippen molar-refractivity contribution in [1.82, 2.24) is 0 Å². The SMILES string of the molecule is CCOC(=O)c1ccc(S(=O)(=O)Nc2ccc(C(=O)Nc3ccc(OC)cc3)cc2)cc1. The number of esters is 1. The second kappa shape index (κ2) is 9.97. The summed E-state index contributed by atoms with van der Waals surface area (Å²) in [6.07, 6.45) is 0. The Balaban J connectivity index is 1.66. The van der Waals surface area contributed by atoms with Gasteiger partial charge in [-0.25, -0.2) is 13.2 Å². The van der Waals surface area contributed by atoms with Crippen LogP contribution in [0.15, 0.2) is 77.7 Å². The van der Waals surface area contributed by atoms with Crippen molar-refractivity contribution in [2.24, 2.45) is 0 Å². The summed E-state index contributed by atoms with van der Waals surface area (Å²) in [4.78, 5) is 24.1. The van der Waals surface area contributed by atoms with Gasteiger partial charge in [-0.3, -0.25) is 9.52 Å². The van der Waals surface area contributed by atoms with Crippen molar-refractivity contribution in [2.75, 3.05) is 23.8 Å². The minimum Gasteiger partial charge on any atom is -0.497 e. The second-order valence-electron chi connectivity index (χ2n) is 6.61. The summed E-state index contributed by atoms with van der Waals surface area (Å²) in [5, 5.41) is 2.76. The summed E-state index contributed by atoms with van der Waals surface area (Å²) >= 11 is 0. The molecule has 0 aliphatic heterocycles. The zero-order valence-electron chi connectivity index (χ0n) is 17.5. The number of carbonyl (C=O) groups excluding carboxylic acids is 2. The van der Waals surface area contributed by atoms with E-state index in [-0.39, 0.29) is 23.0 Å². The Hall–Kier alpha value is -3.85. The van der Waals surface area contributed by atoms with Crippen molar-refractivity contribution in [3.63, 3.8) is 0 Å². The molecular formula is C23H22N2O6S. The summed E-state index contributed by atoms with van der Waals surface area (Å²) in [5.74, 6) is -0.179. The molecule has 1 amide bonds. The molecule has 0 fully saturated rings. The van der Waals surface area contributed by atoms with Crippen molar-refractivity contribution in [3.8, 4) is 5.75 Å². The molecule has 0 saturated heterocycles. The third kappa shape index (κ3) is 5.64. The average molecular weight is 455 g/mol. The molecule has 0 aliphatic carbocycles. The number of amides is 1. The Labute approximate surface area is 186 Å². The highest BCUT2D eigenvalue weighted by Gasteiger charge is 2.16. The number of nitrogens with one attached hydrogen (secondary N) is 2. The molecule has 0 aliphatic rings. The molecule has 0 radical (unpaired) electrons. The quantitative estimate of drug-likeness (QED) is 0.499. The number of methoxy groups -OCH3 is 1. The summed E-state index contributed by atoms with van der Waals surface area (Å²) < 4.78 is 37.6. The smallest absolute Gasteiger partial charge is 0.338 e. The Morgan fingerprint density at radius 3 is 1.94 bits per heavy atom. The average Bonchev–Trinajstić information content (AvgIpc) is 2.80. The fraction of sp³-hybridized carbons (Fsp3) is 0.130. The van der Waals surface area contributed by atoms with Gasteiger partial charge in [-0.15, -0.1) is 0 Å². The first-order chi connectivity index (χ1) is 15.3. The maximum absolute atomic E-state index is 12.6. The molecule has 3 aromatic carbocycles. The summed E-state index contributed by atoms with van der Waals surface area (Å²) in [6.45, 7) is 1.92. The van der Waals surface area contributed by atoms with Crippen molar-refractivity contribution < 1.29 is 27.5 Å². The number of hydrogen-bond donors (Lipinski definition) is 2. The van der Waals surface area contributed by atoms with E-state index >= 15 is 0 Å². The molecule has 0 spiro atoms. The van der Waals surface area contributed by atoms with Gasteiger partial charge in [0.1, 0.15) is 5.75 Å². The van der Waals surface area contributed by atoms with Crippen LogP contribution in [0.1, 0.15) is 27.6 Å². The Bertz CT molecular complexity index is 1190. The molecular weight excluding hydrogens is 432 g/mol. The Morgan fingerprint density at radius 1 is 0.812 bits per heavy atom. The first-order valence-corrected chi connectivity index (χ1v) is 11.2. The molecule has 0 unspecified atom stereocenters. The lowest BCUT2D eigenvalue weighted by atomic mass is 10.2. The topological polar surface area (TPSA) is 111 Å². The van der Waals surface area contributed by atoms with Gasteiger partial charge in [0.25, 0.3) is 15.9 Å². The lowest BCUT2D eigenvalue weighted by Crippen LogP contribution is -2.14. The minimum absolute atomic E-state index is 0.00752. The number of anilines is 2.